The first-order chi connectivity index (χ1) is 12.4. The summed E-state index contributed by atoms with van der Waals surface area (Å²) in [6.07, 6.45) is -1.00. The summed E-state index contributed by atoms with van der Waals surface area (Å²) in [7, 11) is 0. The number of ether oxygens (including phenoxy) is 1. The van der Waals surface area contributed by atoms with Gasteiger partial charge in [-0.25, -0.2) is 4.79 Å². The quantitative estimate of drug-likeness (QED) is 0.761. The van der Waals surface area contributed by atoms with E-state index in [4.69, 9.17) is 16.3 Å². The fraction of sp³-hybridized carbons (Fsp3) is 0.211. The topological polar surface area (TPSA) is 84.5 Å². The maximum absolute atomic E-state index is 12.1. The van der Waals surface area contributed by atoms with Gasteiger partial charge in [0.15, 0.2) is 6.10 Å². The Bertz CT molecular complexity index is 778. The van der Waals surface area contributed by atoms with Gasteiger partial charge in [-0.3, -0.25) is 9.59 Å². The molecule has 0 heterocycles. The van der Waals surface area contributed by atoms with Crippen molar-refractivity contribution >= 4 is 35.1 Å². The molecule has 0 saturated carbocycles. The molecule has 0 saturated heterocycles. The van der Waals surface area contributed by atoms with E-state index in [2.05, 4.69) is 10.6 Å². The van der Waals surface area contributed by atoms with Gasteiger partial charge in [0.1, 0.15) is 6.04 Å². The highest BCUT2D eigenvalue weighted by Gasteiger charge is 2.23. The number of carbonyl (C=O) groups is 3. The molecule has 0 aliphatic heterocycles. The van der Waals surface area contributed by atoms with Gasteiger partial charge in [-0.05, 0) is 50.2 Å². The van der Waals surface area contributed by atoms with Gasteiger partial charge in [-0.2, -0.15) is 0 Å². The molecular weight excluding hydrogens is 356 g/mol. The minimum absolute atomic E-state index is 0.365. The van der Waals surface area contributed by atoms with Crippen LogP contribution in [0.5, 0.6) is 0 Å². The van der Waals surface area contributed by atoms with E-state index in [-0.39, 0.29) is 0 Å². The van der Waals surface area contributed by atoms with E-state index in [1.165, 1.54) is 13.8 Å². The average molecular weight is 375 g/mol. The number of amides is 2. The highest BCUT2D eigenvalue weighted by Crippen LogP contribution is 2.10. The van der Waals surface area contributed by atoms with Gasteiger partial charge < -0.3 is 15.4 Å². The van der Waals surface area contributed by atoms with Crippen molar-refractivity contribution in [2.45, 2.75) is 26.0 Å². The summed E-state index contributed by atoms with van der Waals surface area (Å²) >= 11 is 5.77. The van der Waals surface area contributed by atoms with E-state index in [9.17, 15) is 14.4 Å². The fourth-order valence-corrected chi connectivity index (χ4v) is 2.16. The van der Waals surface area contributed by atoms with E-state index in [1.807, 2.05) is 6.07 Å². The molecule has 136 valence electrons. The number of anilines is 1. The number of esters is 1. The lowest BCUT2D eigenvalue weighted by Gasteiger charge is -2.17. The molecular formula is C19H19ClN2O4. The van der Waals surface area contributed by atoms with Crippen LogP contribution in [0.25, 0.3) is 0 Å². The summed E-state index contributed by atoms with van der Waals surface area (Å²) in [6.45, 7) is 2.95. The van der Waals surface area contributed by atoms with Crippen molar-refractivity contribution in [3.8, 4) is 0 Å². The molecule has 0 fully saturated rings. The van der Waals surface area contributed by atoms with Gasteiger partial charge in [0, 0.05) is 16.3 Å². The summed E-state index contributed by atoms with van der Waals surface area (Å²) in [4.78, 5) is 36.2. The molecule has 0 bridgehead atoms. The summed E-state index contributed by atoms with van der Waals surface area (Å²) < 4.78 is 5.12. The van der Waals surface area contributed by atoms with E-state index < -0.39 is 29.9 Å². The van der Waals surface area contributed by atoms with Crippen molar-refractivity contribution in [1.82, 2.24) is 5.32 Å². The van der Waals surface area contributed by atoms with Crippen molar-refractivity contribution < 1.29 is 19.1 Å². The number of hydrogen-bond acceptors (Lipinski definition) is 4. The third-order valence-electron chi connectivity index (χ3n) is 3.51. The lowest BCUT2D eigenvalue weighted by molar-refractivity contribution is -0.154. The minimum Gasteiger partial charge on any atom is -0.451 e. The monoisotopic (exact) mass is 374 g/mol. The second kappa shape index (κ2) is 9.01. The van der Waals surface area contributed by atoms with E-state index in [1.54, 1.807) is 48.5 Å². The van der Waals surface area contributed by atoms with Gasteiger partial charge in [0.25, 0.3) is 11.8 Å². The molecule has 0 spiro atoms. The second-order valence-electron chi connectivity index (χ2n) is 5.64. The molecule has 7 heteroatoms. The largest absolute Gasteiger partial charge is 0.451 e. The van der Waals surface area contributed by atoms with Crippen LogP contribution in [0.4, 0.5) is 5.69 Å². The Morgan fingerprint density at radius 2 is 1.58 bits per heavy atom. The minimum atomic E-state index is -1.00. The molecule has 0 aliphatic carbocycles. The number of benzene rings is 2. The fourth-order valence-electron chi connectivity index (χ4n) is 2.04. The molecule has 2 rings (SSSR count). The predicted octanol–water partition coefficient (Wildman–Crippen LogP) is 3.03. The summed E-state index contributed by atoms with van der Waals surface area (Å²) in [5.74, 6) is -1.60. The first kappa shape index (κ1) is 19.5. The van der Waals surface area contributed by atoms with Crippen molar-refractivity contribution in [2.24, 2.45) is 0 Å². The van der Waals surface area contributed by atoms with Crippen LogP contribution in [0.2, 0.25) is 5.02 Å². The summed E-state index contributed by atoms with van der Waals surface area (Å²) in [5.41, 5.74) is 0.966. The van der Waals surface area contributed by atoms with Crippen LogP contribution in [0.15, 0.2) is 54.6 Å². The van der Waals surface area contributed by atoms with Crippen LogP contribution in [-0.2, 0) is 14.3 Å². The highest BCUT2D eigenvalue weighted by atomic mass is 35.5. The Morgan fingerprint density at radius 3 is 2.19 bits per heavy atom. The van der Waals surface area contributed by atoms with Gasteiger partial charge in [-0.1, -0.05) is 29.8 Å². The molecule has 0 unspecified atom stereocenters. The van der Waals surface area contributed by atoms with Crippen LogP contribution >= 0.6 is 11.6 Å². The Kier molecular flexibility index (Phi) is 6.74. The maximum Gasteiger partial charge on any atom is 0.329 e. The molecule has 0 aromatic heterocycles. The smallest absolute Gasteiger partial charge is 0.329 e. The molecule has 2 aromatic rings. The standard InChI is InChI=1S/C19H19ClN2O4/c1-12(21-18(24)14-8-10-15(20)11-9-14)19(25)26-13(2)17(23)22-16-6-4-3-5-7-16/h3-13H,1-2H3,(H,21,24)(H,22,23)/t12-,13-/m0/s1. The molecule has 2 aromatic carbocycles. The van der Waals surface area contributed by atoms with Gasteiger partial charge >= 0.3 is 5.97 Å². The van der Waals surface area contributed by atoms with Crippen molar-refractivity contribution in [3.63, 3.8) is 0 Å². The molecule has 2 atom stereocenters. The first-order valence-corrected chi connectivity index (χ1v) is 8.37. The summed E-state index contributed by atoms with van der Waals surface area (Å²) in [5, 5.41) is 5.67. The van der Waals surface area contributed by atoms with Crippen molar-refractivity contribution in [3.05, 3.63) is 65.2 Å². The maximum atomic E-state index is 12.1. The number of nitrogens with one attached hydrogen (secondary N) is 2. The number of rotatable bonds is 6. The van der Waals surface area contributed by atoms with Crippen LogP contribution in [-0.4, -0.2) is 29.9 Å². The van der Waals surface area contributed by atoms with E-state index in [0.29, 0.717) is 16.3 Å². The zero-order chi connectivity index (χ0) is 19.1. The molecule has 26 heavy (non-hydrogen) atoms. The van der Waals surface area contributed by atoms with Crippen LogP contribution in [0.3, 0.4) is 0 Å². The lowest BCUT2D eigenvalue weighted by atomic mass is 10.2. The van der Waals surface area contributed by atoms with E-state index in [0.717, 1.165) is 0 Å². The number of halogens is 1. The first-order valence-electron chi connectivity index (χ1n) is 7.99. The van der Waals surface area contributed by atoms with Gasteiger partial charge in [0.05, 0.1) is 0 Å². The normalized spacial score (nSPS) is 12.6. The molecule has 0 radical (unpaired) electrons. The van der Waals surface area contributed by atoms with Gasteiger partial charge in [0.2, 0.25) is 0 Å². The van der Waals surface area contributed by atoms with Gasteiger partial charge in [-0.15, -0.1) is 0 Å². The SMILES string of the molecule is C[C@H](NC(=O)c1ccc(Cl)cc1)C(=O)O[C@@H](C)C(=O)Nc1ccccc1. The van der Waals surface area contributed by atoms with Crippen molar-refractivity contribution in [2.75, 3.05) is 5.32 Å². The highest BCUT2D eigenvalue weighted by molar-refractivity contribution is 6.30. The number of para-hydroxylation sites is 1. The molecule has 6 nitrogen and oxygen atoms in total. The lowest BCUT2D eigenvalue weighted by Crippen LogP contribution is -2.42. The number of hydrogen-bond donors (Lipinski definition) is 2. The zero-order valence-corrected chi connectivity index (χ0v) is 15.1. The van der Waals surface area contributed by atoms with Crippen LogP contribution < -0.4 is 10.6 Å². The Hall–Kier alpha value is -2.86. The second-order valence-corrected chi connectivity index (χ2v) is 6.07. The van der Waals surface area contributed by atoms with E-state index >= 15 is 0 Å². The Morgan fingerprint density at radius 1 is 0.962 bits per heavy atom. The van der Waals surface area contributed by atoms with Crippen molar-refractivity contribution in [1.29, 1.82) is 0 Å². The van der Waals surface area contributed by atoms with Crippen LogP contribution in [0, 0.1) is 0 Å². The third-order valence-corrected chi connectivity index (χ3v) is 3.76. The number of carbonyl (C=O) groups excluding carboxylic acids is 3. The zero-order valence-electron chi connectivity index (χ0n) is 14.4. The average Bonchev–Trinajstić information content (AvgIpc) is 2.62. The molecule has 2 N–H and O–H groups in total. The molecule has 0 aliphatic rings. The Balaban J connectivity index is 1.86. The third kappa shape index (κ3) is 5.60. The molecule has 2 amide bonds. The predicted molar refractivity (Wildman–Crippen MR) is 99.0 cm³/mol. The Labute approximate surface area is 156 Å². The van der Waals surface area contributed by atoms with Crippen LogP contribution in [0.1, 0.15) is 24.2 Å². The summed E-state index contributed by atoms with van der Waals surface area (Å²) in [6, 6.07) is 14.2.